The Bertz CT molecular complexity index is 943. The fraction of sp³-hybridized carbons (Fsp3) is 0.0769. The molecule has 0 saturated heterocycles. The Balaban J connectivity index is 2.00. The molecule has 0 aliphatic heterocycles. The molecule has 0 bridgehead atoms. The molecule has 0 aliphatic carbocycles. The van der Waals surface area contributed by atoms with E-state index in [0.717, 1.165) is 16.7 Å². The quantitative estimate of drug-likeness (QED) is 0.575. The van der Waals surface area contributed by atoms with Gasteiger partial charge in [-0.1, -0.05) is 0 Å². The molecule has 0 fully saturated rings. The van der Waals surface area contributed by atoms with Gasteiger partial charge in [0.2, 0.25) is 5.28 Å². The average Bonchev–Trinajstić information content (AvgIpc) is 3.13. The van der Waals surface area contributed by atoms with Crippen LogP contribution in [0.2, 0.25) is 5.28 Å². The Labute approximate surface area is 123 Å². The Kier molecular flexibility index (Phi) is 2.55. The number of aromatic nitrogens is 6. The topological polar surface area (TPSA) is 81.0 Å². The summed E-state index contributed by atoms with van der Waals surface area (Å²) >= 11 is 6.25. The second-order valence-corrected chi connectivity index (χ2v) is 4.76. The molecular formula is C13H9ClN6O. The minimum Gasteiger partial charge on any atom is -0.497 e. The molecule has 0 aliphatic rings. The maximum atomic E-state index is 6.25. The number of nitrogens with zero attached hydrogens (tertiary/aromatic N) is 5. The number of H-pyrrole nitrogens is 1. The summed E-state index contributed by atoms with van der Waals surface area (Å²) in [5, 5.41) is 16.2. The van der Waals surface area contributed by atoms with Crippen LogP contribution in [-0.4, -0.2) is 36.9 Å². The highest BCUT2D eigenvalue weighted by Gasteiger charge is 2.16. The number of benzene rings is 1. The highest BCUT2D eigenvalue weighted by molar-refractivity contribution is 6.29. The van der Waals surface area contributed by atoms with Gasteiger partial charge in [-0.25, -0.2) is 4.40 Å². The molecule has 7 nitrogen and oxygen atoms in total. The normalized spacial score (nSPS) is 11.3. The Hall–Kier alpha value is -2.67. The molecule has 1 aromatic carbocycles. The van der Waals surface area contributed by atoms with E-state index in [1.54, 1.807) is 17.7 Å². The van der Waals surface area contributed by atoms with Crippen LogP contribution < -0.4 is 4.74 Å². The van der Waals surface area contributed by atoms with E-state index in [2.05, 4.69) is 25.4 Å². The first-order valence-electron chi connectivity index (χ1n) is 6.16. The van der Waals surface area contributed by atoms with Gasteiger partial charge in [0.25, 0.3) is 0 Å². The van der Waals surface area contributed by atoms with E-state index in [1.807, 2.05) is 24.3 Å². The van der Waals surface area contributed by atoms with Gasteiger partial charge in [-0.2, -0.15) is 10.1 Å². The molecule has 0 radical (unpaired) electrons. The first-order valence-corrected chi connectivity index (χ1v) is 6.54. The highest BCUT2D eigenvalue weighted by atomic mass is 35.5. The molecule has 0 atom stereocenters. The molecule has 0 amide bonds. The van der Waals surface area contributed by atoms with E-state index in [-0.39, 0.29) is 5.28 Å². The summed E-state index contributed by atoms with van der Waals surface area (Å²) in [4.78, 5) is 4.26. The third-order valence-corrected chi connectivity index (χ3v) is 3.51. The Morgan fingerprint density at radius 3 is 2.76 bits per heavy atom. The van der Waals surface area contributed by atoms with E-state index in [0.29, 0.717) is 17.1 Å². The van der Waals surface area contributed by atoms with Crippen LogP contribution in [0.5, 0.6) is 5.75 Å². The van der Waals surface area contributed by atoms with Crippen molar-refractivity contribution in [2.75, 3.05) is 7.11 Å². The molecule has 0 saturated carbocycles. The molecule has 3 aromatic heterocycles. The smallest absolute Gasteiger partial charge is 0.212 e. The van der Waals surface area contributed by atoms with Gasteiger partial charge in [0.15, 0.2) is 17.1 Å². The maximum absolute atomic E-state index is 6.25. The van der Waals surface area contributed by atoms with E-state index >= 15 is 0 Å². The summed E-state index contributed by atoms with van der Waals surface area (Å²) < 4.78 is 6.85. The summed E-state index contributed by atoms with van der Waals surface area (Å²) in [5.74, 6) is 1.39. The minimum atomic E-state index is 0.276. The lowest BCUT2D eigenvalue weighted by Crippen LogP contribution is -1.95. The second-order valence-electron chi connectivity index (χ2n) is 4.42. The zero-order valence-electron chi connectivity index (χ0n) is 10.9. The molecule has 0 spiro atoms. The summed E-state index contributed by atoms with van der Waals surface area (Å²) in [6.45, 7) is 0. The number of hydrogen-bond acceptors (Lipinski definition) is 5. The molecule has 104 valence electrons. The third kappa shape index (κ3) is 1.74. The lowest BCUT2D eigenvalue weighted by atomic mass is 10.2. The highest BCUT2D eigenvalue weighted by Crippen LogP contribution is 2.26. The molecule has 8 heteroatoms. The van der Waals surface area contributed by atoms with Gasteiger partial charge in [-0.3, -0.25) is 5.10 Å². The lowest BCUT2D eigenvalue weighted by Gasteiger charge is -2.03. The van der Waals surface area contributed by atoms with Crippen LogP contribution in [0.25, 0.3) is 28.1 Å². The number of hydrogen-bond donors (Lipinski definition) is 1. The first-order chi connectivity index (χ1) is 10.3. The van der Waals surface area contributed by atoms with Crippen LogP contribution in [0.4, 0.5) is 0 Å². The van der Waals surface area contributed by atoms with E-state index in [4.69, 9.17) is 16.3 Å². The molecule has 0 unspecified atom stereocenters. The first kappa shape index (κ1) is 12.1. The number of methoxy groups -OCH3 is 1. The zero-order valence-corrected chi connectivity index (χ0v) is 11.7. The molecule has 21 heavy (non-hydrogen) atoms. The largest absolute Gasteiger partial charge is 0.497 e. The third-order valence-electron chi connectivity index (χ3n) is 3.26. The van der Waals surface area contributed by atoms with Crippen molar-refractivity contribution in [2.24, 2.45) is 0 Å². The van der Waals surface area contributed by atoms with Crippen molar-refractivity contribution < 1.29 is 4.74 Å². The van der Waals surface area contributed by atoms with Gasteiger partial charge < -0.3 is 4.74 Å². The predicted octanol–water partition coefficient (Wildman–Crippen LogP) is 2.33. The molecule has 3 heterocycles. The van der Waals surface area contributed by atoms with Crippen molar-refractivity contribution >= 4 is 28.3 Å². The van der Waals surface area contributed by atoms with Gasteiger partial charge in [0.1, 0.15) is 5.75 Å². The molecular weight excluding hydrogens is 292 g/mol. The zero-order chi connectivity index (χ0) is 14.4. The summed E-state index contributed by atoms with van der Waals surface area (Å²) in [6.07, 6.45) is 1.65. The van der Waals surface area contributed by atoms with Gasteiger partial charge in [-0.15, -0.1) is 10.2 Å². The maximum Gasteiger partial charge on any atom is 0.212 e. The van der Waals surface area contributed by atoms with Crippen LogP contribution in [-0.2, 0) is 0 Å². The van der Waals surface area contributed by atoms with Gasteiger partial charge in [0.05, 0.1) is 18.7 Å². The van der Waals surface area contributed by atoms with Crippen molar-refractivity contribution in [2.45, 2.75) is 0 Å². The number of nitrogens with one attached hydrogen (secondary N) is 1. The van der Waals surface area contributed by atoms with E-state index in [9.17, 15) is 0 Å². The standard InChI is InChI=1S/C13H9ClN6O/c1-21-8-4-2-7(3-5-8)11-18-19-12-9-6-15-17-10(9)16-13(14)20(11)12/h2-6H,1H3,(H,15,17). The number of rotatable bonds is 2. The summed E-state index contributed by atoms with van der Waals surface area (Å²) in [6, 6.07) is 7.50. The second kappa shape index (κ2) is 4.42. The lowest BCUT2D eigenvalue weighted by molar-refractivity contribution is 0.415. The fourth-order valence-electron chi connectivity index (χ4n) is 2.23. The number of halogens is 1. The van der Waals surface area contributed by atoms with Crippen molar-refractivity contribution in [3.05, 3.63) is 35.7 Å². The van der Waals surface area contributed by atoms with Crippen LogP contribution in [0, 0.1) is 0 Å². The van der Waals surface area contributed by atoms with E-state index in [1.165, 1.54) is 0 Å². The summed E-state index contributed by atoms with van der Waals surface area (Å²) in [7, 11) is 1.62. The van der Waals surface area contributed by atoms with Crippen LogP contribution in [0.3, 0.4) is 0 Å². The van der Waals surface area contributed by atoms with Crippen molar-refractivity contribution in [1.82, 2.24) is 29.8 Å². The Morgan fingerprint density at radius 1 is 1.19 bits per heavy atom. The van der Waals surface area contributed by atoms with Crippen molar-refractivity contribution in [3.8, 4) is 17.1 Å². The van der Waals surface area contributed by atoms with Crippen LogP contribution in [0.15, 0.2) is 30.5 Å². The molecule has 1 N–H and O–H groups in total. The van der Waals surface area contributed by atoms with Gasteiger partial charge >= 0.3 is 0 Å². The number of ether oxygens (including phenoxy) is 1. The predicted molar refractivity (Wildman–Crippen MR) is 77.4 cm³/mol. The van der Waals surface area contributed by atoms with E-state index < -0.39 is 0 Å². The average molecular weight is 301 g/mol. The SMILES string of the molecule is COc1ccc(-c2nnc3c4cn[nH]c4nc(Cl)n23)cc1. The molecule has 4 aromatic rings. The van der Waals surface area contributed by atoms with Crippen molar-refractivity contribution in [3.63, 3.8) is 0 Å². The number of fused-ring (bicyclic) bond motifs is 3. The fourth-order valence-corrected chi connectivity index (χ4v) is 2.48. The number of aromatic amines is 1. The molecule has 4 rings (SSSR count). The van der Waals surface area contributed by atoms with Gasteiger partial charge in [-0.05, 0) is 35.9 Å². The minimum absolute atomic E-state index is 0.276. The Morgan fingerprint density at radius 2 is 2.00 bits per heavy atom. The van der Waals surface area contributed by atoms with Crippen LogP contribution >= 0.6 is 11.6 Å². The van der Waals surface area contributed by atoms with Crippen LogP contribution in [0.1, 0.15) is 0 Å². The van der Waals surface area contributed by atoms with Gasteiger partial charge in [0, 0.05) is 5.56 Å². The monoisotopic (exact) mass is 300 g/mol. The van der Waals surface area contributed by atoms with Crippen molar-refractivity contribution in [1.29, 1.82) is 0 Å². The summed E-state index contributed by atoms with van der Waals surface area (Å²) in [5.41, 5.74) is 2.07.